The molecule has 16 heteroatoms. The number of amides is 4. The van der Waals surface area contributed by atoms with Crippen LogP contribution in [0.2, 0.25) is 18.1 Å². The van der Waals surface area contributed by atoms with Crippen LogP contribution in [0.15, 0.2) is 182 Å². The van der Waals surface area contributed by atoms with Crippen molar-refractivity contribution in [1.29, 1.82) is 0 Å². The first kappa shape index (κ1) is 59.4. The first-order chi connectivity index (χ1) is 39.5. The van der Waals surface area contributed by atoms with Crippen molar-refractivity contribution in [2.24, 2.45) is 0 Å². The second-order valence-corrected chi connectivity index (χ2v) is 26.7. The van der Waals surface area contributed by atoms with Crippen molar-refractivity contribution in [3.05, 3.63) is 226 Å². The predicted octanol–water partition coefficient (Wildman–Crippen LogP) is 11.3. The van der Waals surface area contributed by atoms with E-state index in [1.807, 2.05) is 204 Å². The van der Waals surface area contributed by atoms with Gasteiger partial charge >= 0.3 is 18.2 Å². The zero-order valence-corrected chi connectivity index (χ0v) is 48.0. The average molecular weight is 1130 g/mol. The summed E-state index contributed by atoms with van der Waals surface area (Å²) in [4.78, 5) is 71.5. The molecule has 5 N–H and O–H groups in total. The lowest BCUT2D eigenvalue weighted by Gasteiger charge is -2.40. The fourth-order valence-electron chi connectivity index (χ4n) is 9.24. The van der Waals surface area contributed by atoms with Crippen LogP contribution >= 0.6 is 0 Å². The number of carboxylic acid groups (broad SMARTS) is 1. The van der Waals surface area contributed by atoms with E-state index in [0.29, 0.717) is 40.2 Å². The molecule has 0 aromatic heterocycles. The number of aliphatic carboxylic acids is 1. The van der Waals surface area contributed by atoms with E-state index in [9.17, 15) is 19.5 Å². The Morgan fingerprint density at radius 1 is 0.598 bits per heavy atom. The summed E-state index contributed by atoms with van der Waals surface area (Å²) in [7, 11) is -2.72. The maximum Gasteiger partial charge on any atom is 0.408 e. The molecule has 0 aliphatic carbocycles. The molecule has 0 saturated carbocycles. The normalized spacial score (nSPS) is 15.9. The number of ether oxygens (including phenoxy) is 4. The zero-order chi connectivity index (χ0) is 58.1. The Morgan fingerprint density at radius 3 is 1.63 bits per heavy atom. The van der Waals surface area contributed by atoms with E-state index < -0.39 is 62.5 Å². The summed E-state index contributed by atoms with van der Waals surface area (Å²) in [6.45, 7) is 10.3. The number of hydrogen-bond acceptors (Lipinski definition) is 10. The summed E-state index contributed by atoms with van der Waals surface area (Å²) >= 11 is 0. The van der Waals surface area contributed by atoms with Crippen LogP contribution in [0.4, 0.5) is 9.59 Å². The van der Waals surface area contributed by atoms with Gasteiger partial charge in [-0.15, -0.1) is 0 Å². The molecule has 4 amide bonds. The molecule has 1 aliphatic heterocycles. The van der Waals surface area contributed by atoms with E-state index >= 15 is 9.59 Å². The van der Waals surface area contributed by atoms with Gasteiger partial charge in [-0.25, -0.2) is 14.4 Å². The molecule has 1 aliphatic rings. The van der Waals surface area contributed by atoms with Gasteiger partial charge in [-0.05, 0) is 104 Å². The van der Waals surface area contributed by atoms with Gasteiger partial charge in [0, 0.05) is 25.8 Å². The number of carbonyl (C=O) groups excluding carboxylic acids is 4. The molecule has 426 valence electrons. The molecule has 0 spiro atoms. The highest BCUT2D eigenvalue weighted by molar-refractivity contribution is 6.74. The monoisotopic (exact) mass is 1120 g/mol. The second-order valence-electron chi connectivity index (χ2n) is 22.0. The molecule has 15 nitrogen and oxygen atoms in total. The lowest BCUT2D eigenvalue weighted by atomic mass is 9.89. The number of alkyl carbamates (subject to hydrolysis) is 2. The average Bonchev–Trinajstić information content (AvgIpc) is 3.69. The molecule has 0 radical (unpaired) electrons. The minimum absolute atomic E-state index is 0.00155. The SMILES string of the molecule is CC(C)(C)[Si](C)(C)O[C@@H](CNC(=O)OCc1ccccc1)C[C@@H]1NC(=O)[C@@H](NC(=O)OCc2ccccc2)Cc2cc(ccc2OCc2ccccc2)-c2cc(c(OCc3ccccc3)cc2Cc2ccccc2)C[C@@H](C(=O)O)NC1=O. The number of nitrogens with one attached hydrogen (secondary N) is 4. The Bertz CT molecular complexity index is 3250. The minimum atomic E-state index is -2.72. The van der Waals surface area contributed by atoms with Gasteiger partial charge in [-0.3, -0.25) is 9.59 Å². The molecule has 4 atom stereocenters. The molecule has 7 aromatic carbocycles. The van der Waals surface area contributed by atoms with Crippen LogP contribution in [0.1, 0.15) is 71.7 Å². The molecule has 0 fully saturated rings. The van der Waals surface area contributed by atoms with E-state index in [-0.39, 0.29) is 57.3 Å². The number of fused-ring (bicyclic) bond motifs is 5. The van der Waals surface area contributed by atoms with Crippen LogP contribution in [-0.4, -0.2) is 74.2 Å². The minimum Gasteiger partial charge on any atom is -0.489 e. The molecule has 4 bridgehead atoms. The van der Waals surface area contributed by atoms with Crippen LogP contribution < -0.4 is 30.7 Å². The third-order valence-electron chi connectivity index (χ3n) is 14.7. The van der Waals surface area contributed by atoms with Gasteiger partial charge in [0.05, 0.1) is 6.10 Å². The van der Waals surface area contributed by atoms with Crippen molar-refractivity contribution in [2.75, 3.05) is 6.54 Å². The highest BCUT2D eigenvalue weighted by Crippen LogP contribution is 2.39. The van der Waals surface area contributed by atoms with Crippen molar-refractivity contribution >= 4 is 38.3 Å². The topological polar surface area (TPSA) is 200 Å². The molecule has 8 rings (SSSR count). The molecule has 7 aromatic rings. The van der Waals surface area contributed by atoms with Crippen molar-refractivity contribution in [1.82, 2.24) is 21.3 Å². The van der Waals surface area contributed by atoms with Gasteiger partial charge in [-0.1, -0.05) is 178 Å². The van der Waals surface area contributed by atoms with Crippen LogP contribution in [0, 0.1) is 0 Å². The van der Waals surface area contributed by atoms with Gasteiger partial charge < -0.3 is 49.7 Å². The largest absolute Gasteiger partial charge is 0.489 e. The second kappa shape index (κ2) is 28.1. The van der Waals surface area contributed by atoms with Gasteiger partial charge in [0.25, 0.3) is 0 Å². The summed E-state index contributed by atoms with van der Waals surface area (Å²) < 4.78 is 31.4. The van der Waals surface area contributed by atoms with Gasteiger partial charge in [0.15, 0.2) is 8.32 Å². The highest BCUT2D eigenvalue weighted by Gasteiger charge is 2.41. The maximum atomic E-state index is 15.3. The molecular formula is C66H72N4O11Si. The maximum absolute atomic E-state index is 15.3. The fraction of sp³-hybridized carbons (Fsp3) is 0.288. The van der Waals surface area contributed by atoms with E-state index in [2.05, 4.69) is 21.3 Å². The zero-order valence-electron chi connectivity index (χ0n) is 47.0. The smallest absolute Gasteiger partial charge is 0.408 e. The Labute approximate surface area is 480 Å². The van der Waals surface area contributed by atoms with Crippen LogP contribution in [0.25, 0.3) is 11.1 Å². The van der Waals surface area contributed by atoms with Crippen molar-refractivity contribution in [2.45, 2.75) is 115 Å². The number of carboxylic acids is 1. The standard InChI is InChI=1S/C66H72N4O11Si/c1-66(2,3)82(4,5)81-54(40-67-64(75)79-43-48-27-17-9-18-28-48)39-57-62(72)69-58(63(73)74)37-53-35-55(51(33-45-21-11-6-12-22-45)38-60(53)78-42-47-25-15-8-16-26-47)50-31-32-59(77-41-46-23-13-7-14-24-46)52(34-50)36-56(61(71)68-57)70-65(76)80-44-49-29-19-10-20-30-49/h6-32,34-35,38,54,56-58H,33,36-37,39-44H2,1-5H3,(H,67,75)(H,68,71)(H,69,72)(H,70,76)(H,73,74)/t54-,56+,57+,58+/m1/s1. The van der Waals surface area contributed by atoms with Crippen LogP contribution in [0.3, 0.4) is 0 Å². The molecule has 82 heavy (non-hydrogen) atoms. The summed E-state index contributed by atoms with van der Waals surface area (Å²) in [5, 5.41) is 22.0. The Balaban J connectivity index is 1.25. The highest BCUT2D eigenvalue weighted by atomic mass is 28.4. The van der Waals surface area contributed by atoms with Crippen molar-refractivity contribution in [3.8, 4) is 22.6 Å². The first-order valence-electron chi connectivity index (χ1n) is 27.6. The van der Waals surface area contributed by atoms with E-state index in [1.165, 1.54) is 0 Å². The summed E-state index contributed by atoms with van der Waals surface area (Å²) in [5.41, 5.74) is 7.60. The van der Waals surface area contributed by atoms with Gasteiger partial charge in [0.2, 0.25) is 11.8 Å². The number of carbonyl (C=O) groups is 5. The Hall–Kier alpha value is -8.73. The third kappa shape index (κ3) is 17.1. The lowest BCUT2D eigenvalue weighted by molar-refractivity contribution is -0.142. The summed E-state index contributed by atoms with van der Waals surface area (Å²) in [6, 6.07) is 52.5. The first-order valence-corrected chi connectivity index (χ1v) is 30.5. The number of benzene rings is 7. The molecule has 0 unspecified atom stereocenters. The molecular weight excluding hydrogens is 1050 g/mol. The van der Waals surface area contributed by atoms with Gasteiger partial charge in [-0.2, -0.15) is 0 Å². The summed E-state index contributed by atoms with van der Waals surface area (Å²) in [5.74, 6) is -2.14. The fourth-order valence-corrected chi connectivity index (χ4v) is 10.6. The van der Waals surface area contributed by atoms with Crippen molar-refractivity contribution < 1.29 is 52.5 Å². The Morgan fingerprint density at radius 2 is 1.10 bits per heavy atom. The Kier molecular flexibility index (Phi) is 20.4. The van der Waals surface area contributed by atoms with Crippen LogP contribution in [0.5, 0.6) is 11.5 Å². The predicted molar refractivity (Wildman–Crippen MR) is 316 cm³/mol. The van der Waals surface area contributed by atoms with E-state index in [0.717, 1.165) is 33.4 Å². The molecule has 0 saturated heterocycles. The van der Waals surface area contributed by atoms with Crippen LogP contribution in [-0.2, 0) is 74.0 Å². The third-order valence-corrected chi connectivity index (χ3v) is 19.3. The van der Waals surface area contributed by atoms with E-state index in [1.54, 1.807) is 12.1 Å². The number of hydrogen-bond donors (Lipinski definition) is 5. The van der Waals surface area contributed by atoms with Gasteiger partial charge in [0.1, 0.15) is 56.1 Å². The number of rotatable bonds is 20. The van der Waals surface area contributed by atoms with Crippen molar-refractivity contribution in [3.63, 3.8) is 0 Å². The lowest BCUT2D eigenvalue weighted by Crippen LogP contribution is -2.58. The molecule has 1 heterocycles. The van der Waals surface area contributed by atoms with E-state index in [4.69, 9.17) is 23.4 Å². The summed E-state index contributed by atoms with van der Waals surface area (Å²) in [6.07, 6.45) is -2.75. The quantitative estimate of drug-likeness (QED) is 0.0455.